The van der Waals surface area contributed by atoms with Crippen LogP contribution in [-0.2, 0) is 4.79 Å². The van der Waals surface area contributed by atoms with Gasteiger partial charge in [0, 0.05) is 44.2 Å². The molecule has 0 N–H and O–H groups in total. The van der Waals surface area contributed by atoms with E-state index in [0.717, 1.165) is 12.2 Å². The Hall–Kier alpha value is -2.41. The molecule has 0 radical (unpaired) electrons. The van der Waals surface area contributed by atoms with Crippen LogP contribution in [0.3, 0.4) is 0 Å². The zero-order chi connectivity index (χ0) is 23.5. The molecular formula is C24H32ClFN4O2. The van der Waals surface area contributed by atoms with Crippen molar-refractivity contribution in [3.8, 4) is 11.6 Å². The average molecular weight is 463 g/mol. The lowest BCUT2D eigenvalue weighted by molar-refractivity contribution is -0.134. The van der Waals surface area contributed by atoms with E-state index in [4.69, 9.17) is 16.3 Å². The molecule has 1 amide bonds. The SMILES string of the molecule is C[C@H](CC(=O)N1CCN(c2cc(Oc3ccc(F)c(Cl)c3)ncn2)C[C@H]1C)CC(C)(C)C. The lowest BCUT2D eigenvalue weighted by Gasteiger charge is -2.41. The van der Waals surface area contributed by atoms with Crippen molar-refractivity contribution in [1.29, 1.82) is 0 Å². The first-order valence-corrected chi connectivity index (χ1v) is 11.4. The number of halogens is 2. The van der Waals surface area contributed by atoms with Crippen LogP contribution in [-0.4, -0.2) is 46.5 Å². The molecule has 0 spiro atoms. The number of carbonyl (C=O) groups is 1. The van der Waals surface area contributed by atoms with Crippen LogP contribution in [0.4, 0.5) is 10.2 Å². The molecule has 2 heterocycles. The normalized spacial score (nSPS) is 17.9. The first-order chi connectivity index (χ1) is 15.0. The van der Waals surface area contributed by atoms with Gasteiger partial charge in [-0.2, -0.15) is 0 Å². The van der Waals surface area contributed by atoms with E-state index in [1.165, 1.54) is 24.5 Å². The summed E-state index contributed by atoms with van der Waals surface area (Å²) in [6, 6.07) is 5.97. The summed E-state index contributed by atoms with van der Waals surface area (Å²) in [7, 11) is 0. The fourth-order valence-corrected chi connectivity index (χ4v) is 4.46. The second-order valence-corrected chi connectivity index (χ2v) is 10.3. The maximum Gasteiger partial charge on any atom is 0.224 e. The summed E-state index contributed by atoms with van der Waals surface area (Å²) in [6.07, 6.45) is 3.04. The third-order valence-corrected chi connectivity index (χ3v) is 5.79. The number of aromatic nitrogens is 2. The smallest absolute Gasteiger partial charge is 0.224 e. The van der Waals surface area contributed by atoms with Crippen LogP contribution >= 0.6 is 11.6 Å². The second kappa shape index (κ2) is 10.0. The minimum absolute atomic E-state index is 0.0109. The Morgan fingerprint density at radius 1 is 1.28 bits per heavy atom. The maximum absolute atomic E-state index is 13.4. The molecule has 1 aromatic heterocycles. The molecule has 1 aliphatic heterocycles. The summed E-state index contributed by atoms with van der Waals surface area (Å²) in [5.74, 6) is 1.54. The van der Waals surface area contributed by atoms with Gasteiger partial charge in [-0.15, -0.1) is 0 Å². The standard InChI is InChI=1S/C24H32ClFN4O2/c1-16(13-24(3,4)5)10-23(31)30-9-8-29(14-17(30)2)21-12-22(28-15-27-21)32-18-6-7-20(26)19(25)11-18/h6-7,11-12,15-17H,8-10,13-14H2,1-5H3/t16-,17-/m1/s1. The van der Waals surface area contributed by atoms with E-state index in [9.17, 15) is 9.18 Å². The van der Waals surface area contributed by atoms with E-state index in [0.29, 0.717) is 43.6 Å². The number of ether oxygens (including phenoxy) is 1. The molecule has 0 unspecified atom stereocenters. The topological polar surface area (TPSA) is 58.6 Å². The van der Waals surface area contributed by atoms with Gasteiger partial charge in [0.1, 0.15) is 23.7 Å². The zero-order valence-corrected chi connectivity index (χ0v) is 20.2. The van der Waals surface area contributed by atoms with Gasteiger partial charge in [-0.05, 0) is 36.8 Å². The van der Waals surface area contributed by atoms with Gasteiger partial charge in [0.25, 0.3) is 0 Å². The van der Waals surface area contributed by atoms with Crippen molar-refractivity contribution in [3.05, 3.63) is 41.4 Å². The van der Waals surface area contributed by atoms with Crippen LogP contribution in [0.1, 0.15) is 47.5 Å². The van der Waals surface area contributed by atoms with Crippen molar-refractivity contribution < 1.29 is 13.9 Å². The lowest BCUT2D eigenvalue weighted by Crippen LogP contribution is -2.54. The van der Waals surface area contributed by atoms with Crippen molar-refractivity contribution >= 4 is 23.3 Å². The lowest BCUT2D eigenvalue weighted by atomic mass is 9.84. The largest absolute Gasteiger partial charge is 0.439 e. The van der Waals surface area contributed by atoms with E-state index < -0.39 is 5.82 Å². The number of hydrogen-bond donors (Lipinski definition) is 0. The minimum atomic E-state index is -0.503. The summed E-state index contributed by atoms with van der Waals surface area (Å²) in [4.78, 5) is 25.5. The van der Waals surface area contributed by atoms with Gasteiger partial charge in [-0.25, -0.2) is 14.4 Å². The van der Waals surface area contributed by atoms with Gasteiger partial charge in [0.15, 0.2) is 0 Å². The average Bonchev–Trinajstić information content (AvgIpc) is 2.69. The first-order valence-electron chi connectivity index (χ1n) is 11.0. The Bertz CT molecular complexity index is 950. The number of benzene rings is 1. The molecular weight excluding hydrogens is 431 g/mol. The van der Waals surface area contributed by atoms with Crippen LogP contribution < -0.4 is 9.64 Å². The van der Waals surface area contributed by atoms with E-state index in [1.807, 2.05) is 4.90 Å². The number of anilines is 1. The van der Waals surface area contributed by atoms with Crippen LogP contribution in [0.15, 0.2) is 30.6 Å². The van der Waals surface area contributed by atoms with Crippen molar-refractivity contribution in [2.24, 2.45) is 11.3 Å². The van der Waals surface area contributed by atoms with Crippen molar-refractivity contribution in [3.63, 3.8) is 0 Å². The molecule has 1 fully saturated rings. The monoisotopic (exact) mass is 462 g/mol. The molecule has 0 saturated carbocycles. The van der Waals surface area contributed by atoms with Gasteiger partial charge in [-0.3, -0.25) is 4.79 Å². The number of hydrogen-bond acceptors (Lipinski definition) is 5. The van der Waals surface area contributed by atoms with Gasteiger partial charge < -0.3 is 14.5 Å². The molecule has 32 heavy (non-hydrogen) atoms. The number of rotatable bonds is 6. The predicted octanol–water partition coefficient (Wildman–Crippen LogP) is 5.56. The summed E-state index contributed by atoms with van der Waals surface area (Å²) < 4.78 is 19.1. The molecule has 1 saturated heterocycles. The third kappa shape index (κ3) is 6.55. The highest BCUT2D eigenvalue weighted by atomic mass is 35.5. The molecule has 3 rings (SSSR count). The van der Waals surface area contributed by atoms with Gasteiger partial charge in [0.2, 0.25) is 11.8 Å². The number of nitrogens with zero attached hydrogens (tertiary/aromatic N) is 4. The molecule has 0 bridgehead atoms. The van der Waals surface area contributed by atoms with Gasteiger partial charge in [0.05, 0.1) is 5.02 Å². The Labute approximate surface area is 194 Å². The molecule has 8 heteroatoms. The second-order valence-electron chi connectivity index (χ2n) is 9.85. The Morgan fingerprint density at radius 3 is 2.69 bits per heavy atom. The zero-order valence-electron chi connectivity index (χ0n) is 19.4. The summed E-state index contributed by atoms with van der Waals surface area (Å²) in [5, 5.41) is -0.0109. The molecule has 6 nitrogen and oxygen atoms in total. The van der Waals surface area contributed by atoms with E-state index in [-0.39, 0.29) is 22.4 Å². The van der Waals surface area contributed by atoms with E-state index in [1.54, 1.807) is 6.07 Å². The number of piperazine rings is 1. The molecule has 2 atom stereocenters. The highest BCUT2D eigenvalue weighted by Crippen LogP contribution is 2.29. The van der Waals surface area contributed by atoms with E-state index in [2.05, 4.69) is 49.5 Å². The predicted molar refractivity (Wildman–Crippen MR) is 125 cm³/mol. The summed E-state index contributed by atoms with van der Waals surface area (Å²) >= 11 is 5.82. The number of amides is 1. The maximum atomic E-state index is 13.4. The molecule has 1 aliphatic rings. The van der Waals surface area contributed by atoms with E-state index >= 15 is 0 Å². The van der Waals surface area contributed by atoms with Crippen LogP contribution in [0.25, 0.3) is 0 Å². The fourth-order valence-electron chi connectivity index (χ4n) is 4.29. The molecule has 174 valence electrons. The van der Waals surface area contributed by atoms with Crippen LogP contribution in [0.5, 0.6) is 11.6 Å². The van der Waals surface area contributed by atoms with Crippen molar-refractivity contribution in [1.82, 2.24) is 14.9 Å². The van der Waals surface area contributed by atoms with Gasteiger partial charge >= 0.3 is 0 Å². The molecule has 1 aromatic carbocycles. The van der Waals surface area contributed by atoms with Crippen LogP contribution in [0.2, 0.25) is 5.02 Å². The highest BCUT2D eigenvalue weighted by molar-refractivity contribution is 6.30. The van der Waals surface area contributed by atoms with Crippen LogP contribution in [0, 0.1) is 17.2 Å². The quantitative estimate of drug-likeness (QED) is 0.562. The van der Waals surface area contributed by atoms with Crippen molar-refractivity contribution in [2.45, 2.75) is 53.5 Å². The Kier molecular flexibility index (Phi) is 7.59. The summed E-state index contributed by atoms with van der Waals surface area (Å²) in [6.45, 7) is 12.9. The number of carbonyl (C=O) groups excluding carboxylic acids is 1. The third-order valence-electron chi connectivity index (χ3n) is 5.50. The minimum Gasteiger partial charge on any atom is -0.439 e. The fraction of sp³-hybridized carbons (Fsp3) is 0.542. The first kappa shape index (κ1) is 24.2. The summed E-state index contributed by atoms with van der Waals surface area (Å²) in [5.41, 5.74) is 0.218. The molecule has 2 aromatic rings. The van der Waals surface area contributed by atoms with Crippen molar-refractivity contribution in [2.75, 3.05) is 24.5 Å². The van der Waals surface area contributed by atoms with Gasteiger partial charge in [-0.1, -0.05) is 39.3 Å². The Morgan fingerprint density at radius 2 is 2.03 bits per heavy atom. The highest BCUT2D eigenvalue weighted by Gasteiger charge is 2.29. The molecule has 0 aliphatic carbocycles. The Balaban J connectivity index is 1.60.